The number of hydrogen-bond donors (Lipinski definition) is 1. The van der Waals surface area contributed by atoms with Gasteiger partial charge < -0.3 is 43.0 Å². The van der Waals surface area contributed by atoms with Crippen LogP contribution in [0.15, 0.2) is 91.0 Å². The number of ether oxygens (including phenoxy) is 8. The maximum Gasteiger partial charge on any atom is 0.352 e. The minimum absolute atomic E-state index is 0.0890. The van der Waals surface area contributed by atoms with Crippen molar-refractivity contribution >= 4 is 11.9 Å². The Balaban J connectivity index is 1.54. The highest BCUT2D eigenvalue weighted by atomic mass is 16.8. The van der Waals surface area contributed by atoms with Crippen LogP contribution in [-0.4, -0.2) is 79.5 Å². The van der Waals surface area contributed by atoms with Crippen LogP contribution in [0.5, 0.6) is 0 Å². The lowest BCUT2D eigenvalue weighted by Crippen LogP contribution is -2.75. The predicted molar refractivity (Wildman–Crippen MR) is 167 cm³/mol. The van der Waals surface area contributed by atoms with E-state index < -0.39 is 66.2 Å². The van der Waals surface area contributed by atoms with Crippen LogP contribution in [-0.2, 0) is 60.7 Å². The lowest BCUT2D eigenvalue weighted by Gasteiger charge is -2.58. The molecule has 3 aromatic rings. The molecule has 252 valence electrons. The summed E-state index contributed by atoms with van der Waals surface area (Å²) in [4.78, 5) is 25.9. The molecule has 1 N–H and O–H groups in total. The second-order valence-electron chi connectivity index (χ2n) is 11.8. The van der Waals surface area contributed by atoms with E-state index in [2.05, 4.69) is 0 Å². The number of carbonyl (C=O) groups is 2. The van der Waals surface area contributed by atoms with Gasteiger partial charge in [0.1, 0.15) is 30.5 Å². The van der Waals surface area contributed by atoms with E-state index in [-0.39, 0.29) is 13.2 Å². The predicted octanol–water partition coefficient (Wildman–Crippen LogP) is 4.26. The number of fused-ring (bicyclic) bond motifs is 1. The zero-order chi connectivity index (χ0) is 33.6. The lowest BCUT2D eigenvalue weighted by atomic mass is 9.82. The van der Waals surface area contributed by atoms with E-state index in [1.54, 1.807) is 44.2 Å². The number of methoxy groups -OCH3 is 2. The quantitative estimate of drug-likeness (QED) is 0.283. The zero-order valence-corrected chi connectivity index (χ0v) is 27.1. The van der Waals surface area contributed by atoms with Gasteiger partial charge in [-0.25, -0.2) is 4.79 Å². The molecule has 11 nitrogen and oxygen atoms in total. The van der Waals surface area contributed by atoms with E-state index in [1.807, 2.05) is 60.7 Å². The fraction of sp³-hybridized carbons (Fsp3) is 0.444. The number of benzene rings is 3. The summed E-state index contributed by atoms with van der Waals surface area (Å²) in [6.45, 7) is 4.73. The molecule has 0 amide bonds. The minimum atomic E-state index is -1.48. The van der Waals surface area contributed by atoms with E-state index in [4.69, 9.17) is 37.9 Å². The van der Waals surface area contributed by atoms with Crippen molar-refractivity contribution in [2.45, 2.75) is 88.3 Å². The van der Waals surface area contributed by atoms with Crippen LogP contribution in [0.4, 0.5) is 0 Å². The Morgan fingerprint density at radius 2 is 1.17 bits per heavy atom. The highest BCUT2D eigenvalue weighted by Crippen LogP contribution is 2.46. The molecule has 0 radical (unpaired) electrons. The number of esters is 2. The first-order valence-electron chi connectivity index (χ1n) is 15.5. The van der Waals surface area contributed by atoms with E-state index in [1.165, 1.54) is 21.1 Å². The van der Waals surface area contributed by atoms with Crippen LogP contribution in [0.25, 0.3) is 0 Å². The summed E-state index contributed by atoms with van der Waals surface area (Å²) in [5.74, 6) is -4.47. The molecule has 11 heteroatoms. The van der Waals surface area contributed by atoms with Gasteiger partial charge in [-0.15, -0.1) is 0 Å². The first-order chi connectivity index (χ1) is 22.6. The van der Waals surface area contributed by atoms with Crippen molar-refractivity contribution < 1.29 is 52.6 Å². The Kier molecular flexibility index (Phi) is 11.1. The standard InChI is InChI=1S/C36H42O11/c1-23(37)44-28(26-19-13-8-14-20-26)34(39)45-30-27(38)29(42-21-24-15-9-6-10-16-24)32-33(31(30)43-22-25-17-11-7-12-18-25)47-36(3,41-5)35(2,40-4)46-32/h6-20,27-33,38H,21-22H2,1-5H3/t27-,28+,29+,30-,31+,32-,33-,35+,36+/m1/s1. The van der Waals surface area contributed by atoms with Crippen molar-refractivity contribution in [3.8, 4) is 0 Å². The molecule has 2 aliphatic rings. The van der Waals surface area contributed by atoms with Crippen LogP contribution >= 0.6 is 0 Å². The van der Waals surface area contributed by atoms with Gasteiger partial charge in [-0.05, 0) is 25.0 Å². The smallest absolute Gasteiger partial charge is 0.352 e. The van der Waals surface area contributed by atoms with Crippen LogP contribution < -0.4 is 0 Å². The molecule has 1 aliphatic carbocycles. The summed E-state index contributed by atoms with van der Waals surface area (Å²) in [7, 11) is 2.93. The van der Waals surface area contributed by atoms with E-state index in [0.717, 1.165) is 11.1 Å². The Morgan fingerprint density at radius 1 is 0.723 bits per heavy atom. The fourth-order valence-electron chi connectivity index (χ4n) is 5.90. The van der Waals surface area contributed by atoms with Crippen molar-refractivity contribution in [2.24, 2.45) is 0 Å². The molecule has 1 aliphatic heterocycles. The molecule has 1 saturated heterocycles. The maximum absolute atomic E-state index is 13.9. The van der Waals surface area contributed by atoms with Crippen LogP contribution in [0.2, 0.25) is 0 Å². The van der Waals surface area contributed by atoms with Crippen molar-refractivity contribution in [1.82, 2.24) is 0 Å². The first-order valence-corrected chi connectivity index (χ1v) is 15.5. The van der Waals surface area contributed by atoms with E-state index in [9.17, 15) is 14.7 Å². The van der Waals surface area contributed by atoms with Crippen molar-refractivity contribution in [2.75, 3.05) is 14.2 Å². The van der Waals surface area contributed by atoms with Gasteiger partial charge in [0, 0.05) is 26.7 Å². The van der Waals surface area contributed by atoms with Crippen LogP contribution in [0.1, 0.15) is 43.6 Å². The molecular formula is C36H42O11. The number of rotatable bonds is 12. The van der Waals surface area contributed by atoms with Gasteiger partial charge in [0.25, 0.3) is 0 Å². The minimum Gasteiger partial charge on any atom is -0.454 e. The van der Waals surface area contributed by atoms with Crippen molar-refractivity contribution in [3.63, 3.8) is 0 Å². The van der Waals surface area contributed by atoms with Crippen LogP contribution in [0, 0.1) is 0 Å². The molecule has 0 spiro atoms. The number of hydrogen-bond acceptors (Lipinski definition) is 11. The Bertz CT molecular complexity index is 1460. The molecule has 3 aromatic carbocycles. The van der Waals surface area contributed by atoms with Crippen molar-refractivity contribution in [1.29, 1.82) is 0 Å². The van der Waals surface area contributed by atoms with Gasteiger partial charge in [-0.2, -0.15) is 0 Å². The van der Waals surface area contributed by atoms with Gasteiger partial charge in [-0.1, -0.05) is 91.0 Å². The first kappa shape index (κ1) is 34.6. The third-order valence-electron chi connectivity index (χ3n) is 8.72. The highest BCUT2D eigenvalue weighted by molar-refractivity contribution is 5.80. The summed E-state index contributed by atoms with van der Waals surface area (Å²) < 4.78 is 49.0. The van der Waals surface area contributed by atoms with Gasteiger partial charge in [0.15, 0.2) is 6.10 Å². The topological polar surface area (TPSA) is 128 Å². The Morgan fingerprint density at radius 3 is 1.64 bits per heavy atom. The fourth-order valence-corrected chi connectivity index (χ4v) is 5.90. The summed E-state index contributed by atoms with van der Waals surface area (Å²) in [6, 6.07) is 27.3. The largest absolute Gasteiger partial charge is 0.454 e. The number of aliphatic hydroxyl groups is 1. The Labute approximate surface area is 274 Å². The van der Waals surface area contributed by atoms with Crippen LogP contribution in [0.3, 0.4) is 0 Å². The van der Waals surface area contributed by atoms with E-state index in [0.29, 0.717) is 5.56 Å². The monoisotopic (exact) mass is 650 g/mol. The highest BCUT2D eigenvalue weighted by Gasteiger charge is 2.65. The molecule has 1 saturated carbocycles. The molecule has 47 heavy (non-hydrogen) atoms. The molecule has 0 unspecified atom stereocenters. The normalized spacial score (nSPS) is 30.9. The molecule has 9 atom stereocenters. The third-order valence-corrected chi connectivity index (χ3v) is 8.72. The second kappa shape index (κ2) is 15.0. The Hall–Kier alpha value is -3.68. The van der Waals surface area contributed by atoms with Crippen molar-refractivity contribution in [3.05, 3.63) is 108 Å². The zero-order valence-electron chi connectivity index (χ0n) is 27.1. The summed E-state index contributed by atoms with van der Waals surface area (Å²) in [6.07, 6.45) is -8.37. The average Bonchev–Trinajstić information content (AvgIpc) is 3.09. The summed E-state index contributed by atoms with van der Waals surface area (Å²) >= 11 is 0. The third kappa shape index (κ3) is 7.57. The molecule has 0 bridgehead atoms. The molecule has 0 aromatic heterocycles. The SMILES string of the molecule is CO[C@@]1(C)O[C@@H]2[C@@H](OCc3ccccc3)[C@H](OC(=O)[C@@H](OC(C)=O)c3ccccc3)[C@H](O)[C@H](OCc3ccccc3)[C@H]2O[C@]1(C)OC. The summed E-state index contributed by atoms with van der Waals surface area (Å²) in [5.41, 5.74) is 2.08. The van der Waals surface area contributed by atoms with Gasteiger partial charge in [-0.3, -0.25) is 4.79 Å². The maximum atomic E-state index is 13.9. The number of aliphatic hydroxyl groups excluding tert-OH is 1. The lowest BCUT2D eigenvalue weighted by molar-refractivity contribution is -0.473. The number of carbonyl (C=O) groups excluding carboxylic acids is 2. The average molecular weight is 651 g/mol. The molecule has 5 rings (SSSR count). The van der Waals surface area contributed by atoms with Gasteiger partial charge in [0.2, 0.25) is 17.7 Å². The van der Waals surface area contributed by atoms with E-state index >= 15 is 0 Å². The molecular weight excluding hydrogens is 608 g/mol. The second-order valence-corrected chi connectivity index (χ2v) is 11.8. The summed E-state index contributed by atoms with van der Waals surface area (Å²) in [5, 5.41) is 12.0. The van der Waals surface area contributed by atoms with Gasteiger partial charge in [0.05, 0.1) is 13.2 Å². The van der Waals surface area contributed by atoms with Gasteiger partial charge >= 0.3 is 11.9 Å². The molecule has 1 heterocycles. The molecule has 2 fully saturated rings.